The molecule has 0 bridgehead atoms. The first-order chi connectivity index (χ1) is 13.7. The maximum absolute atomic E-state index is 4.36. The van der Waals surface area contributed by atoms with E-state index in [2.05, 4.69) is 63.8 Å². The fourth-order valence-corrected chi connectivity index (χ4v) is 9.96. The summed E-state index contributed by atoms with van der Waals surface area (Å²) in [6.07, 6.45) is 23.5. The van der Waals surface area contributed by atoms with E-state index in [-0.39, 0.29) is 24.0 Å². The maximum Gasteiger partial charge on any atom is 0.112 e. The van der Waals surface area contributed by atoms with Gasteiger partial charge in [0.05, 0.1) is 18.5 Å². The Labute approximate surface area is 201 Å². The molecular weight excluding hydrogens is 482 g/mol. The van der Waals surface area contributed by atoms with Gasteiger partial charge in [0.15, 0.2) is 0 Å². The predicted molar refractivity (Wildman–Crippen MR) is 133 cm³/mol. The number of allylic oxidation sites excluding steroid dienone is 1. The zero-order valence-corrected chi connectivity index (χ0v) is 22.7. The first kappa shape index (κ1) is 29.1. The highest BCUT2D eigenvalue weighted by molar-refractivity contribution is 7.76. The highest BCUT2D eigenvalue weighted by atomic mass is 127. The second-order valence-corrected chi connectivity index (χ2v) is 13.0. The SMILES string of the molecule is C=CC(c1ccccc1)[P+](CCCCCC)(CCCCCC)CCCCCC.[I-]. The lowest BCUT2D eigenvalue weighted by Crippen LogP contribution is -3.00. The normalized spacial score (nSPS) is 12.4. The minimum absolute atomic E-state index is 0. The van der Waals surface area contributed by atoms with Crippen LogP contribution in [0.25, 0.3) is 0 Å². The van der Waals surface area contributed by atoms with E-state index in [9.17, 15) is 0 Å². The van der Waals surface area contributed by atoms with E-state index in [1.807, 2.05) is 0 Å². The van der Waals surface area contributed by atoms with Crippen molar-refractivity contribution in [1.29, 1.82) is 0 Å². The van der Waals surface area contributed by atoms with E-state index >= 15 is 0 Å². The number of rotatable bonds is 18. The molecular formula is C27H48IP. The van der Waals surface area contributed by atoms with E-state index in [1.54, 1.807) is 0 Å². The van der Waals surface area contributed by atoms with Crippen molar-refractivity contribution in [2.24, 2.45) is 0 Å². The molecule has 0 fully saturated rings. The van der Waals surface area contributed by atoms with Crippen LogP contribution in [0.2, 0.25) is 0 Å². The third kappa shape index (κ3) is 11.3. The summed E-state index contributed by atoms with van der Waals surface area (Å²) >= 11 is 0. The number of hydrogen-bond acceptors (Lipinski definition) is 0. The molecule has 1 aromatic carbocycles. The second kappa shape index (κ2) is 18.9. The molecule has 1 rings (SSSR count). The Morgan fingerprint density at radius 2 is 1.10 bits per heavy atom. The fraction of sp³-hybridized carbons (Fsp3) is 0.704. The quantitative estimate of drug-likeness (QED) is 0.0860. The Hall–Kier alpha value is 0.120. The minimum Gasteiger partial charge on any atom is -1.00 e. The van der Waals surface area contributed by atoms with Gasteiger partial charge in [0.2, 0.25) is 0 Å². The summed E-state index contributed by atoms with van der Waals surface area (Å²) in [5.74, 6) is 0. The minimum atomic E-state index is -1.07. The molecule has 0 nitrogen and oxygen atoms in total. The maximum atomic E-state index is 4.36. The molecule has 0 aliphatic heterocycles. The average Bonchev–Trinajstić information content (AvgIpc) is 2.73. The lowest BCUT2D eigenvalue weighted by molar-refractivity contribution is -0.00000618. The van der Waals surface area contributed by atoms with Gasteiger partial charge in [-0.25, -0.2) is 0 Å². The smallest absolute Gasteiger partial charge is 0.112 e. The van der Waals surface area contributed by atoms with Crippen molar-refractivity contribution >= 4 is 7.26 Å². The van der Waals surface area contributed by atoms with Gasteiger partial charge in [-0.15, -0.1) is 0 Å². The van der Waals surface area contributed by atoms with Gasteiger partial charge in [0.25, 0.3) is 0 Å². The Kier molecular flexibility index (Phi) is 18.9. The molecule has 1 aromatic rings. The Bertz CT molecular complexity index is 453. The lowest BCUT2D eigenvalue weighted by atomic mass is 10.1. The summed E-state index contributed by atoms with van der Waals surface area (Å²) in [4.78, 5) is 0. The number of unbranched alkanes of at least 4 members (excludes halogenated alkanes) is 9. The Morgan fingerprint density at radius 3 is 1.45 bits per heavy atom. The third-order valence-corrected chi connectivity index (χ3v) is 11.6. The lowest BCUT2D eigenvalue weighted by Gasteiger charge is -2.34. The van der Waals surface area contributed by atoms with Gasteiger partial charge in [0.1, 0.15) is 5.66 Å². The second-order valence-electron chi connectivity index (χ2n) is 8.66. The van der Waals surface area contributed by atoms with Gasteiger partial charge in [-0.05, 0) is 50.2 Å². The molecule has 0 N–H and O–H groups in total. The molecule has 0 spiro atoms. The van der Waals surface area contributed by atoms with Crippen LogP contribution in [0.4, 0.5) is 0 Å². The monoisotopic (exact) mass is 530 g/mol. The van der Waals surface area contributed by atoms with Crippen LogP contribution < -0.4 is 24.0 Å². The summed E-state index contributed by atoms with van der Waals surface area (Å²) in [5.41, 5.74) is 2.14. The van der Waals surface area contributed by atoms with Crippen molar-refractivity contribution in [3.05, 3.63) is 48.6 Å². The number of hydrogen-bond donors (Lipinski definition) is 0. The molecule has 1 unspecified atom stereocenters. The predicted octanol–water partition coefficient (Wildman–Crippen LogP) is 6.68. The van der Waals surface area contributed by atoms with Crippen LogP contribution >= 0.6 is 7.26 Å². The Morgan fingerprint density at radius 1 is 0.690 bits per heavy atom. The largest absolute Gasteiger partial charge is 1.00 e. The Balaban J connectivity index is 0.00000784. The van der Waals surface area contributed by atoms with Crippen LogP contribution in [-0.2, 0) is 0 Å². The van der Waals surface area contributed by atoms with Crippen molar-refractivity contribution < 1.29 is 24.0 Å². The molecule has 2 heteroatoms. The molecule has 0 aromatic heterocycles. The topological polar surface area (TPSA) is 0 Å². The fourth-order valence-electron chi connectivity index (χ4n) is 4.64. The van der Waals surface area contributed by atoms with Crippen LogP contribution in [0.3, 0.4) is 0 Å². The molecule has 0 saturated carbocycles. The van der Waals surface area contributed by atoms with E-state index < -0.39 is 7.26 Å². The average molecular weight is 531 g/mol. The molecule has 168 valence electrons. The van der Waals surface area contributed by atoms with Crippen molar-refractivity contribution in [1.82, 2.24) is 0 Å². The van der Waals surface area contributed by atoms with Crippen LogP contribution in [0.1, 0.15) is 109 Å². The molecule has 0 aliphatic rings. The van der Waals surface area contributed by atoms with Crippen molar-refractivity contribution in [2.45, 2.75) is 103 Å². The van der Waals surface area contributed by atoms with E-state index in [0.29, 0.717) is 5.66 Å². The molecule has 0 heterocycles. The highest BCUT2D eigenvalue weighted by Gasteiger charge is 2.43. The van der Waals surface area contributed by atoms with Crippen LogP contribution in [0.5, 0.6) is 0 Å². The summed E-state index contributed by atoms with van der Waals surface area (Å²) in [6.45, 7) is 11.3. The standard InChI is InChI=1S/C27H48P.HI/c1-5-9-12-18-23-28(24-19-13-10-6-2,25-20-14-11-7-3)27(8-4)26-21-16-15-17-22-26;/h8,15-17,21-22,27H,4-7,9-14,18-20,23-25H2,1-3H3;1H/q+1;/p-1. The molecule has 29 heavy (non-hydrogen) atoms. The van der Waals surface area contributed by atoms with Crippen molar-refractivity contribution in [3.63, 3.8) is 0 Å². The van der Waals surface area contributed by atoms with E-state index in [4.69, 9.17) is 0 Å². The molecule has 0 saturated heterocycles. The first-order valence-electron chi connectivity index (χ1n) is 12.3. The van der Waals surface area contributed by atoms with Crippen LogP contribution in [0, 0.1) is 0 Å². The molecule has 0 radical (unpaired) electrons. The van der Waals surface area contributed by atoms with Crippen LogP contribution in [0.15, 0.2) is 43.0 Å². The summed E-state index contributed by atoms with van der Waals surface area (Å²) in [6, 6.07) is 11.3. The summed E-state index contributed by atoms with van der Waals surface area (Å²) in [7, 11) is -1.07. The molecule has 1 atom stereocenters. The van der Waals surface area contributed by atoms with Gasteiger partial charge >= 0.3 is 0 Å². The highest BCUT2D eigenvalue weighted by Crippen LogP contribution is 2.71. The first-order valence-corrected chi connectivity index (χ1v) is 14.7. The number of halogens is 1. The van der Waals surface area contributed by atoms with E-state index in [0.717, 1.165) is 0 Å². The van der Waals surface area contributed by atoms with Gasteiger partial charge < -0.3 is 24.0 Å². The van der Waals surface area contributed by atoms with Crippen LogP contribution in [-0.4, -0.2) is 18.5 Å². The van der Waals surface area contributed by atoms with Gasteiger partial charge in [-0.1, -0.05) is 96.2 Å². The summed E-state index contributed by atoms with van der Waals surface area (Å²) in [5, 5.41) is 0. The molecule has 0 aliphatic carbocycles. The van der Waals surface area contributed by atoms with Crippen molar-refractivity contribution in [2.75, 3.05) is 18.5 Å². The van der Waals surface area contributed by atoms with Gasteiger partial charge in [0, 0.05) is 7.26 Å². The third-order valence-electron chi connectivity index (χ3n) is 6.33. The zero-order valence-electron chi connectivity index (χ0n) is 19.7. The molecule has 0 amide bonds. The van der Waals surface area contributed by atoms with Gasteiger partial charge in [-0.3, -0.25) is 0 Å². The summed E-state index contributed by atoms with van der Waals surface area (Å²) < 4.78 is 0. The van der Waals surface area contributed by atoms with Gasteiger partial charge in [-0.2, -0.15) is 0 Å². The van der Waals surface area contributed by atoms with Crippen molar-refractivity contribution in [3.8, 4) is 0 Å². The van der Waals surface area contributed by atoms with E-state index in [1.165, 1.54) is 101 Å². The number of benzene rings is 1. The zero-order chi connectivity index (χ0) is 20.5.